The average molecular weight is 388 g/mol. The molecule has 9 heteroatoms. The number of carbonyl (C=O) groups is 2. The highest BCUT2D eigenvalue weighted by Gasteiger charge is 2.14. The zero-order chi connectivity index (χ0) is 20.1. The van der Waals surface area contributed by atoms with Gasteiger partial charge < -0.3 is 14.0 Å². The van der Waals surface area contributed by atoms with Gasteiger partial charge in [0.25, 0.3) is 0 Å². The molecule has 144 valence electrons. The molecule has 0 spiro atoms. The molecule has 0 aliphatic heterocycles. The molecule has 1 heterocycles. The summed E-state index contributed by atoms with van der Waals surface area (Å²) in [5.41, 5.74) is 0.105. The third kappa shape index (κ3) is 4.76. The number of Topliss-reactive ketones (excluding diaryl/α,β-unsaturated/α-hetero) is 1. The van der Waals surface area contributed by atoms with Gasteiger partial charge in [0.1, 0.15) is 5.75 Å². The molecule has 0 N–H and O–H groups in total. The van der Waals surface area contributed by atoms with Crippen molar-refractivity contribution in [3.05, 3.63) is 76.9 Å². The number of ketones is 1. The molecule has 0 unspecified atom stereocenters. The predicted octanol–water partition coefficient (Wildman–Crippen LogP) is 3.27. The lowest BCUT2D eigenvalue weighted by Crippen LogP contribution is -2.14. The third-order valence-electron chi connectivity index (χ3n) is 3.60. The van der Waals surface area contributed by atoms with Crippen molar-refractivity contribution in [1.82, 2.24) is 10.1 Å². The van der Waals surface area contributed by atoms with Gasteiger partial charge in [0.15, 0.2) is 30.6 Å². The minimum atomic E-state index is -1.15. The Bertz CT molecular complexity index is 1000. The highest BCUT2D eigenvalue weighted by atomic mass is 19.2. The number of benzene rings is 2. The summed E-state index contributed by atoms with van der Waals surface area (Å²) < 4.78 is 41.2. The van der Waals surface area contributed by atoms with Crippen LogP contribution in [0.15, 0.2) is 47.0 Å². The zero-order valence-corrected chi connectivity index (χ0v) is 14.6. The Morgan fingerprint density at radius 2 is 1.75 bits per heavy atom. The molecule has 0 bridgehead atoms. The molecule has 28 heavy (non-hydrogen) atoms. The molecule has 3 rings (SSSR count). The van der Waals surface area contributed by atoms with Gasteiger partial charge in [-0.1, -0.05) is 5.16 Å². The molecular formula is C19H14F2N2O5. The van der Waals surface area contributed by atoms with Crippen LogP contribution in [-0.2, 0) is 11.3 Å². The number of carbonyl (C=O) groups excluding carboxylic acids is 2. The standard InChI is InChI=1S/C19H14F2N2O5/c1-11-22-18(23-28-11)10-26-14-5-2-12(3-6-14)19(25)27-9-17(24)13-4-7-15(20)16(21)8-13/h2-8H,9-10H2,1H3. The van der Waals surface area contributed by atoms with E-state index in [1.54, 1.807) is 19.1 Å². The van der Waals surface area contributed by atoms with E-state index >= 15 is 0 Å². The van der Waals surface area contributed by atoms with E-state index in [0.29, 0.717) is 17.5 Å². The van der Waals surface area contributed by atoms with Gasteiger partial charge in [0, 0.05) is 12.5 Å². The van der Waals surface area contributed by atoms with E-state index in [-0.39, 0.29) is 17.7 Å². The van der Waals surface area contributed by atoms with Crippen LogP contribution in [0.3, 0.4) is 0 Å². The number of aryl methyl sites for hydroxylation is 1. The lowest BCUT2D eigenvalue weighted by Gasteiger charge is -2.06. The molecule has 0 aliphatic carbocycles. The lowest BCUT2D eigenvalue weighted by molar-refractivity contribution is 0.0474. The predicted molar refractivity (Wildman–Crippen MR) is 90.8 cm³/mol. The number of hydrogen-bond donors (Lipinski definition) is 0. The summed E-state index contributed by atoms with van der Waals surface area (Å²) in [7, 11) is 0. The highest BCUT2D eigenvalue weighted by molar-refractivity contribution is 5.99. The van der Waals surface area contributed by atoms with Crippen LogP contribution < -0.4 is 4.74 Å². The zero-order valence-electron chi connectivity index (χ0n) is 14.6. The van der Waals surface area contributed by atoms with Gasteiger partial charge in [-0.05, 0) is 42.5 Å². The number of nitrogens with zero attached hydrogens (tertiary/aromatic N) is 2. The van der Waals surface area contributed by atoms with Crippen LogP contribution in [-0.4, -0.2) is 28.5 Å². The largest absolute Gasteiger partial charge is 0.485 e. The Kier molecular flexibility index (Phi) is 5.73. The first-order valence-corrected chi connectivity index (χ1v) is 8.10. The van der Waals surface area contributed by atoms with Gasteiger partial charge in [-0.25, -0.2) is 13.6 Å². The van der Waals surface area contributed by atoms with E-state index < -0.39 is 30.0 Å². The summed E-state index contributed by atoms with van der Waals surface area (Å²) in [4.78, 5) is 27.9. The number of rotatable bonds is 7. The van der Waals surface area contributed by atoms with Crippen molar-refractivity contribution < 1.29 is 32.4 Å². The SMILES string of the molecule is Cc1nc(COc2ccc(C(=O)OCC(=O)c3ccc(F)c(F)c3)cc2)no1. The number of ether oxygens (including phenoxy) is 2. The molecule has 0 amide bonds. The van der Waals surface area contributed by atoms with Gasteiger partial charge in [0.2, 0.25) is 11.7 Å². The van der Waals surface area contributed by atoms with Crippen molar-refractivity contribution >= 4 is 11.8 Å². The molecule has 2 aromatic carbocycles. The Hall–Kier alpha value is -3.62. The van der Waals surface area contributed by atoms with Crippen LogP contribution in [0.5, 0.6) is 5.75 Å². The van der Waals surface area contributed by atoms with E-state index in [4.69, 9.17) is 14.0 Å². The van der Waals surface area contributed by atoms with Gasteiger partial charge in [0.05, 0.1) is 5.56 Å². The summed E-state index contributed by atoms with van der Waals surface area (Å²) in [6, 6.07) is 8.71. The number of halogens is 2. The van der Waals surface area contributed by atoms with Crippen molar-refractivity contribution in [3.8, 4) is 5.75 Å². The maximum absolute atomic E-state index is 13.2. The van der Waals surface area contributed by atoms with E-state index in [0.717, 1.165) is 18.2 Å². The van der Waals surface area contributed by atoms with Gasteiger partial charge in [-0.2, -0.15) is 4.98 Å². The Morgan fingerprint density at radius 1 is 1.04 bits per heavy atom. The third-order valence-corrected chi connectivity index (χ3v) is 3.60. The highest BCUT2D eigenvalue weighted by Crippen LogP contribution is 2.15. The maximum atomic E-state index is 13.2. The number of esters is 1. The quantitative estimate of drug-likeness (QED) is 0.453. The smallest absolute Gasteiger partial charge is 0.338 e. The summed E-state index contributed by atoms with van der Waals surface area (Å²) in [5.74, 6) is -2.32. The molecular weight excluding hydrogens is 374 g/mol. The molecule has 0 fully saturated rings. The Morgan fingerprint density at radius 3 is 2.39 bits per heavy atom. The van der Waals surface area contributed by atoms with Crippen molar-refractivity contribution in [1.29, 1.82) is 0 Å². The first-order valence-electron chi connectivity index (χ1n) is 8.10. The van der Waals surface area contributed by atoms with Gasteiger partial charge in [-0.15, -0.1) is 0 Å². The topological polar surface area (TPSA) is 91.5 Å². The first-order chi connectivity index (χ1) is 13.4. The summed E-state index contributed by atoms with van der Waals surface area (Å²) in [6.07, 6.45) is 0. The minimum Gasteiger partial charge on any atom is -0.485 e. The van der Waals surface area contributed by atoms with Crippen molar-refractivity contribution in [2.45, 2.75) is 13.5 Å². The molecule has 0 saturated carbocycles. The van der Waals surface area contributed by atoms with Crippen molar-refractivity contribution in [2.24, 2.45) is 0 Å². The molecule has 0 atom stereocenters. The van der Waals surface area contributed by atoms with Crippen LogP contribution in [0.2, 0.25) is 0 Å². The molecule has 0 saturated heterocycles. The van der Waals surface area contributed by atoms with Gasteiger partial charge in [-0.3, -0.25) is 4.79 Å². The van der Waals surface area contributed by atoms with E-state index in [2.05, 4.69) is 10.1 Å². The molecule has 0 aliphatic rings. The van der Waals surface area contributed by atoms with Crippen LogP contribution >= 0.6 is 0 Å². The minimum absolute atomic E-state index is 0.0906. The Labute approximate surface area is 157 Å². The van der Waals surface area contributed by atoms with Crippen LogP contribution in [0.25, 0.3) is 0 Å². The van der Waals surface area contributed by atoms with Crippen LogP contribution in [0, 0.1) is 18.6 Å². The molecule has 7 nitrogen and oxygen atoms in total. The van der Waals surface area contributed by atoms with Crippen molar-refractivity contribution in [2.75, 3.05) is 6.61 Å². The second kappa shape index (κ2) is 8.38. The summed E-state index contributed by atoms with van der Waals surface area (Å²) in [5, 5.41) is 3.69. The summed E-state index contributed by atoms with van der Waals surface area (Å²) in [6.45, 7) is 1.16. The Balaban J connectivity index is 1.52. The molecule has 1 aromatic heterocycles. The van der Waals surface area contributed by atoms with Gasteiger partial charge >= 0.3 is 5.97 Å². The summed E-state index contributed by atoms with van der Waals surface area (Å²) >= 11 is 0. The molecule has 3 aromatic rings. The fourth-order valence-electron chi connectivity index (χ4n) is 2.20. The van der Waals surface area contributed by atoms with E-state index in [1.807, 2.05) is 0 Å². The fourth-order valence-corrected chi connectivity index (χ4v) is 2.20. The first kappa shape index (κ1) is 19.2. The fraction of sp³-hybridized carbons (Fsp3) is 0.158. The number of aromatic nitrogens is 2. The molecule has 0 radical (unpaired) electrons. The lowest BCUT2D eigenvalue weighted by atomic mass is 10.1. The number of hydrogen-bond acceptors (Lipinski definition) is 7. The van der Waals surface area contributed by atoms with E-state index in [9.17, 15) is 18.4 Å². The second-order valence-electron chi connectivity index (χ2n) is 5.67. The van der Waals surface area contributed by atoms with Crippen LogP contribution in [0.1, 0.15) is 32.4 Å². The van der Waals surface area contributed by atoms with Crippen LogP contribution in [0.4, 0.5) is 8.78 Å². The van der Waals surface area contributed by atoms with E-state index in [1.165, 1.54) is 12.1 Å². The average Bonchev–Trinajstić information content (AvgIpc) is 3.12. The second-order valence-corrected chi connectivity index (χ2v) is 5.67. The maximum Gasteiger partial charge on any atom is 0.338 e. The monoisotopic (exact) mass is 388 g/mol. The van der Waals surface area contributed by atoms with Crippen molar-refractivity contribution in [3.63, 3.8) is 0 Å². The normalized spacial score (nSPS) is 10.5.